The van der Waals surface area contributed by atoms with Crippen molar-refractivity contribution < 1.29 is 4.21 Å². The molecule has 3 heteroatoms. The van der Waals surface area contributed by atoms with E-state index in [9.17, 15) is 4.21 Å². The Morgan fingerprint density at radius 1 is 1.45 bits per heavy atom. The van der Waals surface area contributed by atoms with Gasteiger partial charge < -0.3 is 5.32 Å². The normalized spacial score (nSPS) is 33.7. The number of rotatable bonds is 0. The van der Waals surface area contributed by atoms with Gasteiger partial charge in [-0.2, -0.15) is 0 Å². The molecule has 0 aliphatic carbocycles. The molecule has 0 aromatic heterocycles. The summed E-state index contributed by atoms with van der Waals surface area (Å²) in [6.45, 7) is 7.47. The van der Waals surface area contributed by atoms with Gasteiger partial charge in [0.1, 0.15) is 0 Å². The summed E-state index contributed by atoms with van der Waals surface area (Å²) in [5.74, 6) is 1.65. The molecule has 1 heterocycles. The molecule has 66 valence electrons. The highest BCUT2D eigenvalue weighted by molar-refractivity contribution is 7.85. The Morgan fingerprint density at radius 2 is 2.09 bits per heavy atom. The van der Waals surface area contributed by atoms with Gasteiger partial charge in [-0.05, 0) is 5.41 Å². The van der Waals surface area contributed by atoms with Gasteiger partial charge in [-0.3, -0.25) is 4.21 Å². The summed E-state index contributed by atoms with van der Waals surface area (Å²) in [7, 11) is -0.579. The first-order chi connectivity index (χ1) is 5.00. The molecule has 0 amide bonds. The lowest BCUT2D eigenvalue weighted by atomic mass is 9.88. The molecule has 0 saturated carbocycles. The minimum atomic E-state index is -0.579. The fourth-order valence-electron chi connectivity index (χ4n) is 1.23. The van der Waals surface area contributed by atoms with Crippen LogP contribution in [0, 0.1) is 5.41 Å². The molecule has 0 spiro atoms. The van der Waals surface area contributed by atoms with Crippen molar-refractivity contribution >= 4 is 10.8 Å². The number of hydrogen-bond donors (Lipinski definition) is 1. The molecular formula is C8H17NOS. The van der Waals surface area contributed by atoms with Gasteiger partial charge >= 0.3 is 0 Å². The third-order valence-corrected chi connectivity index (χ3v) is 3.48. The predicted octanol–water partition coefficient (Wildman–Crippen LogP) is 0.753. The molecule has 0 radical (unpaired) electrons. The quantitative estimate of drug-likeness (QED) is 0.589. The van der Waals surface area contributed by atoms with E-state index in [1.807, 2.05) is 0 Å². The van der Waals surface area contributed by atoms with Gasteiger partial charge in [0.25, 0.3) is 0 Å². The summed E-state index contributed by atoms with van der Waals surface area (Å²) in [6.07, 6.45) is 0. The highest BCUT2D eigenvalue weighted by atomic mass is 32.2. The molecule has 11 heavy (non-hydrogen) atoms. The van der Waals surface area contributed by atoms with E-state index in [1.54, 1.807) is 0 Å². The number of nitrogens with one attached hydrogen (secondary N) is 1. The zero-order valence-electron chi connectivity index (χ0n) is 7.52. The van der Waals surface area contributed by atoms with Crippen molar-refractivity contribution in [3.63, 3.8) is 0 Å². The van der Waals surface area contributed by atoms with Crippen LogP contribution in [0.5, 0.6) is 0 Å². The maximum Gasteiger partial charge on any atom is 0.0394 e. The van der Waals surface area contributed by atoms with Crippen molar-refractivity contribution in [1.82, 2.24) is 5.32 Å². The highest BCUT2D eigenvalue weighted by Gasteiger charge is 2.28. The van der Waals surface area contributed by atoms with Crippen LogP contribution in [0.15, 0.2) is 0 Å². The smallest absolute Gasteiger partial charge is 0.0394 e. The molecule has 0 aromatic rings. The van der Waals surface area contributed by atoms with E-state index in [0.29, 0.717) is 6.04 Å². The largest absolute Gasteiger partial charge is 0.312 e. The Balaban J connectivity index is 2.53. The van der Waals surface area contributed by atoms with E-state index in [0.717, 1.165) is 18.1 Å². The molecule has 1 saturated heterocycles. The lowest BCUT2D eigenvalue weighted by Crippen LogP contribution is -2.49. The molecule has 2 atom stereocenters. The maximum atomic E-state index is 11.2. The van der Waals surface area contributed by atoms with Crippen molar-refractivity contribution in [2.24, 2.45) is 5.41 Å². The molecule has 1 aliphatic rings. The molecule has 0 aromatic carbocycles. The minimum Gasteiger partial charge on any atom is -0.312 e. The van der Waals surface area contributed by atoms with Gasteiger partial charge in [0.2, 0.25) is 0 Å². The SMILES string of the molecule is CC(C)(C)C1CS(=O)CCN1. The maximum absolute atomic E-state index is 11.2. The van der Waals surface area contributed by atoms with E-state index >= 15 is 0 Å². The van der Waals surface area contributed by atoms with Crippen molar-refractivity contribution in [2.45, 2.75) is 26.8 Å². The monoisotopic (exact) mass is 175 g/mol. The zero-order chi connectivity index (χ0) is 8.48. The zero-order valence-corrected chi connectivity index (χ0v) is 8.33. The Morgan fingerprint density at radius 3 is 2.45 bits per heavy atom. The van der Waals surface area contributed by atoms with Crippen molar-refractivity contribution in [3.8, 4) is 0 Å². The second kappa shape index (κ2) is 3.23. The average molecular weight is 175 g/mol. The third-order valence-electron chi connectivity index (χ3n) is 2.12. The van der Waals surface area contributed by atoms with Gasteiger partial charge in [0.05, 0.1) is 0 Å². The first-order valence-corrected chi connectivity index (χ1v) is 5.57. The lowest BCUT2D eigenvalue weighted by molar-refractivity contribution is 0.289. The van der Waals surface area contributed by atoms with Crippen molar-refractivity contribution in [3.05, 3.63) is 0 Å². The Kier molecular flexibility index (Phi) is 2.70. The number of hydrogen-bond acceptors (Lipinski definition) is 2. The predicted molar refractivity (Wildman–Crippen MR) is 49.1 cm³/mol. The van der Waals surface area contributed by atoms with E-state index in [1.165, 1.54) is 0 Å². The van der Waals surface area contributed by atoms with Crippen LogP contribution in [0.25, 0.3) is 0 Å². The molecule has 1 rings (SSSR count). The summed E-state index contributed by atoms with van der Waals surface area (Å²) in [5.41, 5.74) is 0.246. The van der Waals surface area contributed by atoms with Crippen LogP contribution in [-0.4, -0.2) is 28.3 Å². The van der Waals surface area contributed by atoms with Crippen LogP contribution in [0.1, 0.15) is 20.8 Å². The highest BCUT2D eigenvalue weighted by Crippen LogP contribution is 2.21. The van der Waals surface area contributed by atoms with Crippen LogP contribution in [0.3, 0.4) is 0 Å². The van der Waals surface area contributed by atoms with Crippen molar-refractivity contribution in [1.29, 1.82) is 0 Å². The summed E-state index contributed by atoms with van der Waals surface area (Å²) in [5, 5.41) is 3.40. The van der Waals surface area contributed by atoms with Crippen LogP contribution in [0.4, 0.5) is 0 Å². The van der Waals surface area contributed by atoms with Crippen LogP contribution in [0.2, 0.25) is 0 Å². The third kappa shape index (κ3) is 2.56. The van der Waals surface area contributed by atoms with E-state index in [2.05, 4.69) is 26.1 Å². The van der Waals surface area contributed by atoms with Crippen LogP contribution < -0.4 is 5.32 Å². The molecule has 1 N–H and O–H groups in total. The minimum absolute atomic E-state index is 0.246. The molecular weight excluding hydrogens is 158 g/mol. The second-order valence-electron chi connectivity index (χ2n) is 4.18. The summed E-state index contributed by atoms with van der Waals surface area (Å²) in [6, 6.07) is 0.428. The average Bonchev–Trinajstić information content (AvgIpc) is 1.86. The molecule has 1 aliphatic heterocycles. The van der Waals surface area contributed by atoms with Gasteiger partial charge in [-0.25, -0.2) is 0 Å². The standard InChI is InChI=1S/C8H17NOS/c1-8(2,3)7-6-11(10)5-4-9-7/h7,9H,4-6H2,1-3H3. The summed E-state index contributed by atoms with van der Waals surface area (Å²) in [4.78, 5) is 0. The lowest BCUT2D eigenvalue weighted by Gasteiger charge is -2.34. The molecule has 1 fully saturated rings. The summed E-state index contributed by atoms with van der Waals surface area (Å²) >= 11 is 0. The first-order valence-electron chi connectivity index (χ1n) is 4.08. The summed E-state index contributed by atoms with van der Waals surface area (Å²) < 4.78 is 11.2. The van der Waals surface area contributed by atoms with Crippen molar-refractivity contribution in [2.75, 3.05) is 18.1 Å². The van der Waals surface area contributed by atoms with Gasteiger partial charge in [0, 0.05) is 34.9 Å². The fraction of sp³-hybridized carbons (Fsp3) is 1.00. The molecule has 2 nitrogen and oxygen atoms in total. The van der Waals surface area contributed by atoms with Gasteiger partial charge in [-0.1, -0.05) is 20.8 Å². The van der Waals surface area contributed by atoms with Crippen LogP contribution in [-0.2, 0) is 10.8 Å². The molecule has 0 bridgehead atoms. The van der Waals surface area contributed by atoms with Crippen LogP contribution >= 0.6 is 0 Å². The van der Waals surface area contributed by atoms with E-state index in [-0.39, 0.29) is 5.41 Å². The first kappa shape index (κ1) is 9.20. The Labute approximate surface area is 71.2 Å². The van der Waals surface area contributed by atoms with Gasteiger partial charge in [0.15, 0.2) is 0 Å². The molecule has 2 unspecified atom stereocenters. The van der Waals surface area contributed by atoms with E-state index < -0.39 is 10.8 Å². The fourth-order valence-corrected chi connectivity index (χ4v) is 2.73. The van der Waals surface area contributed by atoms with E-state index in [4.69, 9.17) is 0 Å². The Hall–Kier alpha value is 0.110. The topological polar surface area (TPSA) is 29.1 Å². The second-order valence-corrected chi connectivity index (χ2v) is 5.80. The van der Waals surface area contributed by atoms with Gasteiger partial charge in [-0.15, -0.1) is 0 Å². The Bertz CT molecular complexity index is 162.